The molecule has 0 fully saturated rings. The average molecular weight is 278 g/mol. The van der Waals surface area contributed by atoms with E-state index in [9.17, 15) is 14.1 Å². The van der Waals surface area contributed by atoms with Crippen LogP contribution in [0.3, 0.4) is 0 Å². The van der Waals surface area contributed by atoms with Crippen LogP contribution < -0.4 is 5.14 Å². The zero-order chi connectivity index (χ0) is 13.3. The fourth-order valence-corrected chi connectivity index (χ4v) is 2.99. The van der Waals surface area contributed by atoms with Gasteiger partial charge >= 0.3 is 0 Å². The number of aromatic nitrogens is 1. The molecule has 1 aromatic rings. The van der Waals surface area contributed by atoms with Gasteiger partial charge in [-0.05, 0) is 13.8 Å². The summed E-state index contributed by atoms with van der Waals surface area (Å²) in [5.41, 5.74) is -1.14. The van der Waals surface area contributed by atoms with Crippen molar-refractivity contribution in [1.29, 1.82) is 0 Å². The maximum atomic E-state index is 11.9. The first-order valence-corrected chi connectivity index (χ1v) is 7.19. The van der Waals surface area contributed by atoms with Crippen molar-refractivity contribution in [2.75, 3.05) is 0 Å². The van der Waals surface area contributed by atoms with Crippen LogP contribution >= 0.6 is 11.3 Å². The Bertz CT molecular complexity index is 503. The topological polar surface area (TPSA) is 118 Å². The summed E-state index contributed by atoms with van der Waals surface area (Å²) < 4.78 is 15.4. The maximum Gasteiger partial charge on any atom is 0.262 e. The van der Waals surface area contributed by atoms with Gasteiger partial charge in [0.05, 0.1) is 16.5 Å². The molecule has 1 amide bonds. The molecule has 3 N–H and O–H groups in total. The highest BCUT2D eigenvalue weighted by Crippen LogP contribution is 2.29. The van der Waals surface area contributed by atoms with Crippen LogP contribution in [0.4, 0.5) is 0 Å². The van der Waals surface area contributed by atoms with Gasteiger partial charge < -0.3 is 5.11 Å². The van der Waals surface area contributed by atoms with Crippen LogP contribution in [0.15, 0.2) is 20.0 Å². The second-order valence-electron chi connectivity index (χ2n) is 3.89. The van der Waals surface area contributed by atoms with Crippen LogP contribution in [0, 0.1) is 0 Å². The molecule has 0 radical (unpaired) electrons. The van der Waals surface area contributed by atoms with Gasteiger partial charge in [0.25, 0.3) is 5.91 Å². The number of thiol groups is 1. The van der Waals surface area contributed by atoms with Crippen molar-refractivity contribution < 1.29 is 14.1 Å². The van der Waals surface area contributed by atoms with E-state index in [2.05, 4.69) is 14.6 Å². The second kappa shape index (κ2) is 4.69. The van der Waals surface area contributed by atoms with Gasteiger partial charge in [-0.15, -0.1) is 16.5 Å². The molecule has 0 aromatic carbocycles. The Morgan fingerprint density at radius 3 is 2.65 bits per heavy atom. The standard InChI is InChI=1S/C8H14N4O3S2/c1-5(13)11-12-17(9,15)6-4-10-7(16-6)8(2,3)14/h4,14,17H,1-3H3,(H2,9,15)/b12-11+. The molecule has 0 saturated carbocycles. The van der Waals surface area contributed by atoms with Gasteiger partial charge in [0, 0.05) is 6.92 Å². The van der Waals surface area contributed by atoms with Crippen molar-refractivity contribution in [2.24, 2.45) is 14.8 Å². The minimum atomic E-state index is -3.57. The van der Waals surface area contributed by atoms with E-state index in [1.165, 1.54) is 13.1 Å². The van der Waals surface area contributed by atoms with Crippen molar-refractivity contribution >= 4 is 27.5 Å². The number of carbonyl (C=O) groups excluding carboxylic acids is 1. The quantitative estimate of drug-likeness (QED) is 0.552. The van der Waals surface area contributed by atoms with E-state index < -0.39 is 21.8 Å². The van der Waals surface area contributed by atoms with Gasteiger partial charge in [-0.3, -0.25) is 9.93 Å². The minimum absolute atomic E-state index is 0.194. The van der Waals surface area contributed by atoms with Gasteiger partial charge in [0.1, 0.15) is 14.8 Å². The van der Waals surface area contributed by atoms with Gasteiger partial charge in [0.15, 0.2) is 0 Å². The lowest BCUT2D eigenvalue weighted by molar-refractivity contribution is -0.116. The molecule has 0 bridgehead atoms. The first-order chi connectivity index (χ1) is 7.63. The molecular formula is C8H14N4O3S2. The summed E-state index contributed by atoms with van der Waals surface area (Å²) in [4.78, 5) is 14.5. The molecule has 9 heteroatoms. The molecule has 0 saturated heterocycles. The smallest absolute Gasteiger partial charge is 0.262 e. The molecule has 0 aliphatic rings. The van der Waals surface area contributed by atoms with E-state index in [-0.39, 0.29) is 4.21 Å². The zero-order valence-corrected chi connectivity index (χ0v) is 11.3. The lowest BCUT2D eigenvalue weighted by atomic mass is 10.2. The lowest BCUT2D eigenvalue weighted by Crippen LogP contribution is -2.18. The highest BCUT2D eigenvalue weighted by Gasteiger charge is 2.23. The fourth-order valence-electron chi connectivity index (χ4n) is 0.870. The van der Waals surface area contributed by atoms with E-state index in [0.717, 1.165) is 11.3 Å². The van der Waals surface area contributed by atoms with Gasteiger partial charge in [-0.2, -0.15) is 0 Å². The third-order valence-corrected chi connectivity index (χ3v) is 4.92. The summed E-state index contributed by atoms with van der Waals surface area (Å²) in [6, 6.07) is 0. The van der Waals surface area contributed by atoms with Crippen molar-refractivity contribution in [3.05, 3.63) is 11.2 Å². The summed E-state index contributed by atoms with van der Waals surface area (Å²) in [6.45, 7) is 4.28. The summed E-state index contributed by atoms with van der Waals surface area (Å²) in [5, 5.41) is 18.7. The maximum absolute atomic E-state index is 11.9. The molecule has 0 unspecified atom stereocenters. The van der Waals surface area contributed by atoms with Gasteiger partial charge in [-0.1, -0.05) is 4.52 Å². The second-order valence-corrected chi connectivity index (χ2v) is 7.13. The highest BCUT2D eigenvalue weighted by molar-refractivity contribution is 8.01. The Kier molecular flexibility index (Phi) is 3.87. The van der Waals surface area contributed by atoms with Crippen molar-refractivity contribution in [1.82, 2.24) is 4.98 Å². The molecule has 0 aliphatic carbocycles. The number of aliphatic hydroxyl groups is 1. The molecule has 1 rings (SSSR count). The van der Waals surface area contributed by atoms with Gasteiger partial charge in [0.2, 0.25) is 0 Å². The average Bonchev–Trinajstić information content (AvgIpc) is 2.63. The molecule has 1 aromatic heterocycles. The van der Waals surface area contributed by atoms with Crippen LogP contribution in [0.2, 0.25) is 0 Å². The summed E-state index contributed by atoms with van der Waals surface area (Å²) in [6.07, 6.45) is 1.28. The van der Waals surface area contributed by atoms with E-state index in [1.54, 1.807) is 13.8 Å². The van der Waals surface area contributed by atoms with Crippen LogP contribution in [-0.2, 0) is 20.7 Å². The number of hydrogen-bond acceptors (Lipinski definition) is 5. The Morgan fingerprint density at radius 2 is 2.24 bits per heavy atom. The first-order valence-electron chi connectivity index (χ1n) is 4.64. The Balaban J connectivity index is 3.05. The highest BCUT2D eigenvalue weighted by atomic mass is 32.3. The number of hydrogen-bond donors (Lipinski definition) is 3. The zero-order valence-electron chi connectivity index (χ0n) is 9.62. The number of carbonyl (C=O) groups is 1. The predicted octanol–water partition coefficient (Wildman–Crippen LogP) is 0.534. The summed E-state index contributed by atoms with van der Waals surface area (Å²) in [5.74, 6) is -0.581. The number of nitrogens with two attached hydrogens (primary N) is 1. The predicted molar refractivity (Wildman–Crippen MR) is 64.9 cm³/mol. The van der Waals surface area contributed by atoms with E-state index >= 15 is 0 Å². The molecular weight excluding hydrogens is 264 g/mol. The molecule has 7 nitrogen and oxygen atoms in total. The molecule has 0 atom stereocenters. The fraction of sp³-hybridized carbons (Fsp3) is 0.500. The van der Waals surface area contributed by atoms with Gasteiger partial charge in [-0.25, -0.2) is 9.19 Å². The normalized spacial score (nSPS) is 14.2. The minimum Gasteiger partial charge on any atom is -0.383 e. The Hall–Kier alpha value is -1.03. The number of thiazole rings is 1. The SMILES string of the molecule is CC(=O)/N=N/[SH](N)(=O)c1cnc(C(C)(C)O)s1. The van der Waals surface area contributed by atoms with E-state index in [1.807, 2.05) is 0 Å². The van der Waals surface area contributed by atoms with E-state index in [4.69, 9.17) is 5.14 Å². The Labute approximate surface area is 103 Å². The largest absolute Gasteiger partial charge is 0.383 e. The number of rotatable bonds is 3. The van der Waals surface area contributed by atoms with Crippen molar-refractivity contribution in [3.63, 3.8) is 0 Å². The third-order valence-electron chi connectivity index (χ3n) is 1.65. The lowest BCUT2D eigenvalue weighted by Gasteiger charge is -2.13. The molecule has 17 heavy (non-hydrogen) atoms. The van der Waals surface area contributed by atoms with E-state index in [0.29, 0.717) is 5.01 Å². The Morgan fingerprint density at radius 1 is 1.65 bits per heavy atom. The third kappa shape index (κ3) is 3.73. The monoisotopic (exact) mass is 278 g/mol. The first kappa shape index (κ1) is 14.0. The molecule has 0 spiro atoms. The summed E-state index contributed by atoms with van der Waals surface area (Å²) in [7, 11) is -3.57. The van der Waals surface area contributed by atoms with Crippen LogP contribution in [0.1, 0.15) is 25.8 Å². The summed E-state index contributed by atoms with van der Waals surface area (Å²) >= 11 is 0.984. The molecule has 0 aliphatic heterocycles. The van der Waals surface area contributed by atoms with Crippen molar-refractivity contribution in [3.8, 4) is 0 Å². The van der Waals surface area contributed by atoms with Crippen molar-refractivity contribution in [2.45, 2.75) is 30.6 Å². The number of nitrogens with zero attached hydrogens (tertiary/aromatic N) is 3. The van der Waals surface area contributed by atoms with Crippen LogP contribution in [0.5, 0.6) is 0 Å². The van der Waals surface area contributed by atoms with Crippen LogP contribution in [-0.4, -0.2) is 20.2 Å². The molecule has 96 valence electrons. The van der Waals surface area contributed by atoms with Crippen LogP contribution in [0.25, 0.3) is 0 Å². The number of amides is 1. The molecule has 1 heterocycles.